The highest BCUT2D eigenvalue weighted by Crippen LogP contribution is 2.17. The number of halogens is 4. The number of rotatable bonds is 3. The molecule has 1 aromatic carbocycles. The van der Waals surface area contributed by atoms with Crippen LogP contribution in [0.4, 0.5) is 17.6 Å². The fourth-order valence-electron chi connectivity index (χ4n) is 1.28. The largest absolute Gasteiger partial charge is 0.401 e. The highest BCUT2D eigenvalue weighted by molar-refractivity contribution is 5.16. The van der Waals surface area contributed by atoms with E-state index in [1.54, 1.807) is 6.07 Å². The van der Waals surface area contributed by atoms with E-state index in [0.717, 1.165) is 4.90 Å². The van der Waals surface area contributed by atoms with Crippen LogP contribution in [0, 0.1) is 5.82 Å². The molecule has 0 fully saturated rings. The van der Waals surface area contributed by atoms with Crippen molar-refractivity contribution in [1.29, 1.82) is 0 Å². The highest BCUT2D eigenvalue weighted by Gasteiger charge is 2.29. The molecule has 15 heavy (non-hydrogen) atoms. The van der Waals surface area contributed by atoms with Crippen LogP contribution in [0.25, 0.3) is 0 Å². The highest BCUT2D eigenvalue weighted by atomic mass is 19.4. The van der Waals surface area contributed by atoms with Crippen molar-refractivity contribution in [1.82, 2.24) is 4.90 Å². The normalized spacial score (nSPS) is 12.1. The number of hydrogen-bond acceptors (Lipinski definition) is 1. The molecule has 0 bridgehead atoms. The number of nitrogens with zero attached hydrogens (tertiary/aromatic N) is 1. The summed E-state index contributed by atoms with van der Waals surface area (Å²) < 4.78 is 49.0. The lowest BCUT2D eigenvalue weighted by atomic mass is 10.2. The molecule has 0 saturated heterocycles. The van der Waals surface area contributed by atoms with Gasteiger partial charge in [0.05, 0.1) is 6.54 Å². The van der Waals surface area contributed by atoms with E-state index in [4.69, 9.17) is 0 Å². The lowest BCUT2D eigenvalue weighted by molar-refractivity contribution is -0.144. The zero-order chi connectivity index (χ0) is 11.5. The van der Waals surface area contributed by atoms with Crippen LogP contribution in [0.5, 0.6) is 0 Å². The molecule has 0 N–H and O–H groups in total. The van der Waals surface area contributed by atoms with Gasteiger partial charge >= 0.3 is 6.18 Å². The molecule has 0 radical (unpaired) electrons. The SMILES string of the molecule is CN(Cc1ccccc1F)CC(F)(F)F. The minimum atomic E-state index is -4.25. The third-order valence-electron chi connectivity index (χ3n) is 1.85. The van der Waals surface area contributed by atoms with Crippen molar-refractivity contribution in [2.75, 3.05) is 13.6 Å². The molecule has 0 atom stereocenters. The van der Waals surface area contributed by atoms with Crippen molar-refractivity contribution < 1.29 is 17.6 Å². The molecule has 0 unspecified atom stereocenters. The fraction of sp³-hybridized carbons (Fsp3) is 0.400. The Bertz CT molecular complexity index is 321. The van der Waals surface area contributed by atoms with E-state index >= 15 is 0 Å². The molecule has 0 amide bonds. The zero-order valence-corrected chi connectivity index (χ0v) is 8.18. The Kier molecular flexibility index (Phi) is 3.68. The summed E-state index contributed by atoms with van der Waals surface area (Å²) in [5.74, 6) is -0.480. The number of hydrogen-bond donors (Lipinski definition) is 0. The predicted molar refractivity (Wildman–Crippen MR) is 48.8 cm³/mol. The van der Waals surface area contributed by atoms with E-state index < -0.39 is 18.5 Å². The van der Waals surface area contributed by atoms with Crippen molar-refractivity contribution in [3.05, 3.63) is 35.6 Å². The van der Waals surface area contributed by atoms with Crippen LogP contribution < -0.4 is 0 Å². The zero-order valence-electron chi connectivity index (χ0n) is 8.18. The van der Waals surface area contributed by atoms with Gasteiger partial charge in [-0.2, -0.15) is 13.2 Å². The molecule has 0 aliphatic rings. The van der Waals surface area contributed by atoms with Crippen molar-refractivity contribution in [2.24, 2.45) is 0 Å². The van der Waals surface area contributed by atoms with Crippen LogP contribution in [-0.2, 0) is 6.54 Å². The first-order valence-electron chi connectivity index (χ1n) is 4.37. The quantitative estimate of drug-likeness (QED) is 0.709. The number of benzene rings is 1. The maximum Gasteiger partial charge on any atom is 0.401 e. The molecule has 0 heterocycles. The molecule has 1 rings (SSSR count). The molecule has 1 aromatic rings. The molecular formula is C10H11F4N. The molecular weight excluding hydrogens is 210 g/mol. The Hall–Kier alpha value is -1.10. The first-order chi connectivity index (χ1) is 6.88. The Labute approximate surface area is 85.3 Å². The third-order valence-corrected chi connectivity index (χ3v) is 1.85. The van der Waals surface area contributed by atoms with Gasteiger partial charge in [-0.15, -0.1) is 0 Å². The van der Waals surface area contributed by atoms with E-state index in [9.17, 15) is 17.6 Å². The lowest BCUT2D eigenvalue weighted by Gasteiger charge is -2.18. The molecule has 5 heteroatoms. The topological polar surface area (TPSA) is 3.24 Å². The average molecular weight is 221 g/mol. The van der Waals surface area contributed by atoms with Gasteiger partial charge < -0.3 is 0 Å². The first-order valence-corrected chi connectivity index (χ1v) is 4.37. The van der Waals surface area contributed by atoms with Crippen molar-refractivity contribution >= 4 is 0 Å². The van der Waals surface area contributed by atoms with Crippen molar-refractivity contribution in [3.8, 4) is 0 Å². The van der Waals surface area contributed by atoms with Crippen LogP contribution in [0.1, 0.15) is 5.56 Å². The van der Waals surface area contributed by atoms with Crippen LogP contribution in [0.2, 0.25) is 0 Å². The van der Waals surface area contributed by atoms with Gasteiger partial charge in [-0.3, -0.25) is 4.90 Å². The van der Waals surface area contributed by atoms with E-state index in [1.165, 1.54) is 25.2 Å². The average Bonchev–Trinajstić information content (AvgIpc) is 2.05. The molecule has 0 aliphatic carbocycles. The van der Waals surface area contributed by atoms with Gasteiger partial charge in [0.1, 0.15) is 5.82 Å². The van der Waals surface area contributed by atoms with Gasteiger partial charge in [0.25, 0.3) is 0 Å². The monoisotopic (exact) mass is 221 g/mol. The van der Waals surface area contributed by atoms with Gasteiger partial charge in [0.2, 0.25) is 0 Å². The maximum absolute atomic E-state index is 13.1. The second-order valence-corrected chi connectivity index (χ2v) is 3.38. The van der Waals surface area contributed by atoms with Crippen LogP contribution >= 0.6 is 0 Å². The second-order valence-electron chi connectivity index (χ2n) is 3.38. The molecule has 0 aliphatic heterocycles. The summed E-state index contributed by atoms with van der Waals surface area (Å²) in [6, 6.07) is 5.81. The number of alkyl halides is 3. The van der Waals surface area contributed by atoms with Gasteiger partial charge in [-0.25, -0.2) is 4.39 Å². The van der Waals surface area contributed by atoms with Gasteiger partial charge in [0, 0.05) is 12.1 Å². The summed E-state index contributed by atoms with van der Waals surface area (Å²) in [5, 5.41) is 0. The van der Waals surface area contributed by atoms with E-state index in [1.807, 2.05) is 0 Å². The van der Waals surface area contributed by atoms with E-state index in [0.29, 0.717) is 0 Å². The molecule has 0 aromatic heterocycles. The smallest absolute Gasteiger partial charge is 0.294 e. The molecule has 0 saturated carbocycles. The second kappa shape index (κ2) is 4.61. The van der Waals surface area contributed by atoms with Crippen LogP contribution in [0.15, 0.2) is 24.3 Å². The van der Waals surface area contributed by atoms with Crippen molar-refractivity contribution in [3.63, 3.8) is 0 Å². The van der Waals surface area contributed by atoms with Crippen LogP contribution in [-0.4, -0.2) is 24.7 Å². The fourth-order valence-corrected chi connectivity index (χ4v) is 1.28. The first kappa shape index (κ1) is 12.0. The lowest BCUT2D eigenvalue weighted by Crippen LogP contribution is -2.30. The van der Waals surface area contributed by atoms with E-state index in [2.05, 4.69) is 0 Å². The summed E-state index contributed by atoms with van der Waals surface area (Å²) in [4.78, 5) is 1.03. The van der Waals surface area contributed by atoms with Crippen LogP contribution in [0.3, 0.4) is 0 Å². The molecule has 0 spiro atoms. The molecule has 84 valence electrons. The Balaban J connectivity index is 2.59. The Morgan fingerprint density at radius 1 is 1.20 bits per heavy atom. The summed E-state index contributed by atoms with van der Waals surface area (Å²) in [6.45, 7) is -1.09. The third kappa shape index (κ3) is 4.29. The Morgan fingerprint density at radius 2 is 1.80 bits per heavy atom. The standard InChI is InChI=1S/C10H11F4N/c1-15(7-10(12,13)14)6-8-4-2-3-5-9(8)11/h2-5H,6-7H2,1H3. The van der Waals surface area contributed by atoms with E-state index in [-0.39, 0.29) is 12.1 Å². The van der Waals surface area contributed by atoms with Gasteiger partial charge in [-0.1, -0.05) is 18.2 Å². The predicted octanol–water partition coefficient (Wildman–Crippen LogP) is 2.82. The summed E-state index contributed by atoms with van der Waals surface area (Å²) in [5.41, 5.74) is 0.268. The maximum atomic E-state index is 13.1. The summed E-state index contributed by atoms with van der Waals surface area (Å²) >= 11 is 0. The minimum absolute atomic E-state index is 0.0494. The van der Waals surface area contributed by atoms with Gasteiger partial charge in [0.15, 0.2) is 0 Å². The summed E-state index contributed by atoms with van der Waals surface area (Å²) in [7, 11) is 1.31. The molecule has 1 nitrogen and oxygen atoms in total. The summed E-state index contributed by atoms with van der Waals surface area (Å²) in [6.07, 6.45) is -4.25. The van der Waals surface area contributed by atoms with Crippen molar-refractivity contribution in [2.45, 2.75) is 12.7 Å². The Morgan fingerprint density at radius 3 is 2.33 bits per heavy atom. The minimum Gasteiger partial charge on any atom is -0.294 e. The van der Waals surface area contributed by atoms with Gasteiger partial charge in [-0.05, 0) is 13.1 Å².